The van der Waals surface area contributed by atoms with Crippen LogP contribution in [0.3, 0.4) is 0 Å². The Morgan fingerprint density at radius 1 is 1.57 bits per heavy atom. The number of nitrogens with two attached hydrogens (primary N) is 1. The van der Waals surface area contributed by atoms with Crippen LogP contribution in [0.5, 0.6) is 5.75 Å². The average Bonchev–Trinajstić information content (AvgIpc) is 2.55. The maximum atomic E-state index is 9.93. The van der Waals surface area contributed by atoms with E-state index in [1.165, 1.54) is 0 Å². The van der Waals surface area contributed by atoms with Crippen LogP contribution in [0.25, 0.3) is 0 Å². The van der Waals surface area contributed by atoms with Crippen molar-refractivity contribution < 1.29 is 9.84 Å². The van der Waals surface area contributed by atoms with E-state index in [0.29, 0.717) is 6.54 Å². The number of fused-ring (bicyclic) bond motifs is 1. The van der Waals surface area contributed by atoms with Crippen molar-refractivity contribution in [3.8, 4) is 5.75 Å². The SMILES string of the molecule is COc1cccc2c1CC(CN)C2O. The molecule has 0 aromatic heterocycles. The molecule has 3 nitrogen and oxygen atoms in total. The normalized spacial score (nSPS) is 24.8. The fourth-order valence-corrected chi connectivity index (χ4v) is 2.11. The van der Waals surface area contributed by atoms with Crippen molar-refractivity contribution in [2.24, 2.45) is 11.7 Å². The van der Waals surface area contributed by atoms with Gasteiger partial charge in [-0.3, -0.25) is 0 Å². The molecular weight excluding hydrogens is 178 g/mol. The van der Waals surface area contributed by atoms with Crippen LogP contribution in [-0.4, -0.2) is 18.8 Å². The molecule has 3 heteroatoms. The highest BCUT2D eigenvalue weighted by Gasteiger charge is 2.31. The van der Waals surface area contributed by atoms with E-state index in [9.17, 15) is 5.11 Å². The van der Waals surface area contributed by atoms with Crippen molar-refractivity contribution in [1.29, 1.82) is 0 Å². The van der Waals surface area contributed by atoms with Crippen LogP contribution in [0, 0.1) is 5.92 Å². The molecule has 0 amide bonds. The highest BCUT2D eigenvalue weighted by molar-refractivity contribution is 5.45. The summed E-state index contributed by atoms with van der Waals surface area (Å²) in [4.78, 5) is 0. The zero-order chi connectivity index (χ0) is 10.1. The van der Waals surface area contributed by atoms with Crippen LogP contribution in [0.2, 0.25) is 0 Å². The third kappa shape index (κ3) is 1.29. The Bertz CT molecular complexity index is 338. The first kappa shape index (κ1) is 9.49. The van der Waals surface area contributed by atoms with E-state index in [4.69, 9.17) is 10.5 Å². The number of ether oxygens (including phenoxy) is 1. The maximum absolute atomic E-state index is 9.93. The number of methoxy groups -OCH3 is 1. The molecule has 1 aliphatic carbocycles. The Labute approximate surface area is 83.5 Å². The van der Waals surface area contributed by atoms with Gasteiger partial charge in [-0.1, -0.05) is 12.1 Å². The summed E-state index contributed by atoms with van der Waals surface area (Å²) in [5.41, 5.74) is 7.68. The van der Waals surface area contributed by atoms with E-state index in [2.05, 4.69) is 0 Å². The monoisotopic (exact) mass is 193 g/mol. The summed E-state index contributed by atoms with van der Waals surface area (Å²) in [5.74, 6) is 0.999. The first-order chi connectivity index (χ1) is 6.77. The van der Waals surface area contributed by atoms with Crippen molar-refractivity contribution in [2.75, 3.05) is 13.7 Å². The predicted octanol–water partition coefficient (Wildman–Crippen LogP) is 0.860. The average molecular weight is 193 g/mol. The van der Waals surface area contributed by atoms with Crippen molar-refractivity contribution >= 4 is 0 Å². The summed E-state index contributed by atoms with van der Waals surface area (Å²) < 4.78 is 5.25. The third-order valence-electron chi connectivity index (χ3n) is 2.92. The van der Waals surface area contributed by atoms with Crippen molar-refractivity contribution in [1.82, 2.24) is 0 Å². The molecule has 14 heavy (non-hydrogen) atoms. The minimum absolute atomic E-state index is 0.140. The quantitative estimate of drug-likeness (QED) is 0.732. The van der Waals surface area contributed by atoms with E-state index >= 15 is 0 Å². The topological polar surface area (TPSA) is 55.5 Å². The van der Waals surface area contributed by atoms with Crippen LogP contribution in [0.15, 0.2) is 18.2 Å². The smallest absolute Gasteiger partial charge is 0.122 e. The van der Waals surface area contributed by atoms with Crippen LogP contribution < -0.4 is 10.5 Å². The van der Waals surface area contributed by atoms with E-state index in [1.54, 1.807) is 7.11 Å². The van der Waals surface area contributed by atoms with E-state index in [1.807, 2.05) is 18.2 Å². The van der Waals surface area contributed by atoms with Gasteiger partial charge in [0.15, 0.2) is 0 Å². The first-order valence-electron chi connectivity index (χ1n) is 4.81. The summed E-state index contributed by atoms with van der Waals surface area (Å²) in [6, 6.07) is 5.77. The van der Waals surface area contributed by atoms with Crippen LogP contribution in [0.1, 0.15) is 17.2 Å². The predicted molar refractivity (Wildman–Crippen MR) is 54.2 cm³/mol. The van der Waals surface area contributed by atoms with E-state index in [0.717, 1.165) is 23.3 Å². The summed E-state index contributed by atoms with van der Waals surface area (Å²) in [6.07, 6.45) is 0.391. The van der Waals surface area contributed by atoms with Crippen molar-refractivity contribution in [2.45, 2.75) is 12.5 Å². The number of hydrogen-bond donors (Lipinski definition) is 2. The summed E-state index contributed by atoms with van der Waals surface area (Å²) >= 11 is 0. The largest absolute Gasteiger partial charge is 0.496 e. The van der Waals surface area contributed by atoms with E-state index in [-0.39, 0.29) is 5.92 Å². The summed E-state index contributed by atoms with van der Waals surface area (Å²) in [5, 5.41) is 9.93. The summed E-state index contributed by atoms with van der Waals surface area (Å²) in [6.45, 7) is 0.513. The highest BCUT2D eigenvalue weighted by Crippen LogP contribution is 2.39. The molecule has 1 aromatic rings. The number of aliphatic hydroxyl groups excluding tert-OH is 1. The Balaban J connectivity index is 2.42. The van der Waals surface area contributed by atoms with Gasteiger partial charge in [-0.05, 0) is 24.6 Å². The van der Waals surface area contributed by atoms with Crippen LogP contribution in [-0.2, 0) is 6.42 Å². The van der Waals surface area contributed by atoms with Crippen molar-refractivity contribution in [3.05, 3.63) is 29.3 Å². The molecule has 2 atom stereocenters. The van der Waals surface area contributed by atoms with Gasteiger partial charge < -0.3 is 15.6 Å². The molecule has 0 saturated carbocycles. The Hall–Kier alpha value is -1.06. The molecule has 0 bridgehead atoms. The molecule has 0 saturated heterocycles. The van der Waals surface area contributed by atoms with E-state index < -0.39 is 6.10 Å². The van der Waals surface area contributed by atoms with Gasteiger partial charge in [0.1, 0.15) is 5.75 Å². The number of aliphatic hydroxyl groups is 1. The van der Waals surface area contributed by atoms with Gasteiger partial charge in [0.2, 0.25) is 0 Å². The fourth-order valence-electron chi connectivity index (χ4n) is 2.11. The maximum Gasteiger partial charge on any atom is 0.122 e. The molecule has 0 heterocycles. The second-order valence-corrected chi connectivity index (χ2v) is 3.67. The van der Waals surface area contributed by atoms with Gasteiger partial charge >= 0.3 is 0 Å². The van der Waals surface area contributed by atoms with Crippen molar-refractivity contribution in [3.63, 3.8) is 0 Å². The second-order valence-electron chi connectivity index (χ2n) is 3.67. The molecule has 0 aliphatic heterocycles. The fraction of sp³-hybridized carbons (Fsp3) is 0.455. The zero-order valence-corrected chi connectivity index (χ0v) is 8.23. The number of benzene rings is 1. The molecule has 2 rings (SSSR count). The lowest BCUT2D eigenvalue weighted by Gasteiger charge is -2.11. The van der Waals surface area contributed by atoms with Gasteiger partial charge in [-0.2, -0.15) is 0 Å². The standard InChI is InChI=1S/C11H15NO2/c1-14-10-4-2-3-8-9(10)5-7(6-12)11(8)13/h2-4,7,11,13H,5-6,12H2,1H3. The molecule has 0 fully saturated rings. The molecule has 3 N–H and O–H groups in total. The minimum atomic E-state index is -0.426. The molecule has 1 aliphatic rings. The molecule has 76 valence electrons. The molecular formula is C11H15NO2. The Morgan fingerprint density at radius 2 is 2.36 bits per heavy atom. The van der Waals surface area contributed by atoms with Gasteiger partial charge in [-0.15, -0.1) is 0 Å². The minimum Gasteiger partial charge on any atom is -0.496 e. The second kappa shape index (κ2) is 3.59. The van der Waals surface area contributed by atoms with Gasteiger partial charge in [-0.25, -0.2) is 0 Å². The molecule has 0 radical (unpaired) electrons. The van der Waals surface area contributed by atoms with Crippen LogP contribution in [0.4, 0.5) is 0 Å². The lowest BCUT2D eigenvalue weighted by atomic mass is 10.0. The van der Waals surface area contributed by atoms with Gasteiger partial charge in [0.25, 0.3) is 0 Å². The van der Waals surface area contributed by atoms with Crippen LogP contribution >= 0.6 is 0 Å². The first-order valence-corrected chi connectivity index (χ1v) is 4.81. The van der Waals surface area contributed by atoms with Gasteiger partial charge in [0.05, 0.1) is 13.2 Å². The number of hydrogen-bond acceptors (Lipinski definition) is 3. The molecule has 0 spiro atoms. The molecule has 2 unspecified atom stereocenters. The third-order valence-corrected chi connectivity index (χ3v) is 2.92. The highest BCUT2D eigenvalue weighted by atomic mass is 16.5. The molecule has 1 aromatic carbocycles. The lowest BCUT2D eigenvalue weighted by molar-refractivity contribution is 0.127. The van der Waals surface area contributed by atoms with Gasteiger partial charge in [0, 0.05) is 11.5 Å². The Kier molecular flexibility index (Phi) is 2.44. The Morgan fingerprint density at radius 3 is 3.00 bits per heavy atom. The summed E-state index contributed by atoms with van der Waals surface area (Å²) in [7, 11) is 1.65. The lowest BCUT2D eigenvalue weighted by Crippen LogP contribution is -2.18. The zero-order valence-electron chi connectivity index (χ0n) is 8.23. The number of rotatable bonds is 2.